The van der Waals surface area contributed by atoms with Crippen molar-refractivity contribution in [2.45, 2.75) is 45.1 Å². The van der Waals surface area contributed by atoms with Crippen molar-refractivity contribution in [1.82, 2.24) is 20.1 Å². The third-order valence-electron chi connectivity index (χ3n) is 6.03. The standard InChI is InChI=1S/C23H29ClN6O/c1-16-15-27-28-20(9-10-26-22(16)29-11-4-5-12-29)21-6-2-3-13-30(21)23(31)18-14-17(24)7-8-19(18)25/h7-10,14-15,21,27H,2-6,11-13,25H2,1H3. The SMILES string of the molecule is Cc1c[nH]nc(C2CCCCN2C(=O)c2cc(Cl)ccc2N)ccnc1N1CCCC1. The summed E-state index contributed by atoms with van der Waals surface area (Å²) < 4.78 is 0. The van der Waals surface area contributed by atoms with Gasteiger partial charge in [0.25, 0.3) is 5.91 Å². The van der Waals surface area contributed by atoms with E-state index >= 15 is 0 Å². The van der Waals surface area contributed by atoms with E-state index in [1.807, 2.05) is 30.3 Å². The van der Waals surface area contributed by atoms with Gasteiger partial charge >= 0.3 is 0 Å². The lowest BCUT2D eigenvalue weighted by Crippen LogP contribution is -2.39. The van der Waals surface area contributed by atoms with Crippen LogP contribution < -0.4 is 10.6 Å². The summed E-state index contributed by atoms with van der Waals surface area (Å²) in [4.78, 5) is 22.3. The minimum atomic E-state index is -0.152. The third-order valence-corrected chi connectivity index (χ3v) is 6.26. The summed E-state index contributed by atoms with van der Waals surface area (Å²) >= 11 is 6.13. The summed E-state index contributed by atoms with van der Waals surface area (Å²) in [5.41, 5.74) is 8.78. The fraction of sp³-hybridized carbons (Fsp3) is 0.435. The van der Waals surface area contributed by atoms with Gasteiger partial charge in [-0.2, -0.15) is 5.10 Å². The number of carbonyl (C=O) groups excluding carboxylic acids is 1. The second-order valence-electron chi connectivity index (χ2n) is 8.20. The highest BCUT2D eigenvalue weighted by Crippen LogP contribution is 2.32. The molecule has 3 N–H and O–H groups in total. The van der Waals surface area contributed by atoms with E-state index in [-0.39, 0.29) is 11.9 Å². The van der Waals surface area contributed by atoms with Gasteiger partial charge in [-0.15, -0.1) is 0 Å². The molecule has 1 aromatic carbocycles. The van der Waals surface area contributed by atoms with Crippen molar-refractivity contribution in [3.8, 4) is 0 Å². The molecule has 2 aliphatic rings. The van der Waals surface area contributed by atoms with E-state index in [1.54, 1.807) is 18.2 Å². The lowest BCUT2D eigenvalue weighted by Gasteiger charge is -2.35. The van der Waals surface area contributed by atoms with E-state index in [2.05, 4.69) is 15.1 Å². The number of nitrogens with zero attached hydrogens (tertiary/aromatic N) is 4. The van der Waals surface area contributed by atoms with Gasteiger partial charge < -0.3 is 15.5 Å². The lowest BCUT2D eigenvalue weighted by atomic mass is 9.98. The number of halogens is 1. The normalized spacial score (nSPS) is 18.7. The molecule has 2 saturated heterocycles. The molecular formula is C23H29ClN6O. The topological polar surface area (TPSA) is 91.1 Å². The van der Waals surface area contributed by atoms with Crippen LogP contribution in [0, 0.1) is 6.92 Å². The molecule has 0 saturated carbocycles. The summed E-state index contributed by atoms with van der Waals surface area (Å²) in [6, 6.07) is 6.77. The molecule has 0 spiro atoms. The van der Waals surface area contributed by atoms with Crippen LogP contribution in [-0.4, -0.2) is 45.6 Å². The molecule has 1 unspecified atom stereocenters. The third kappa shape index (κ3) is 4.77. The summed E-state index contributed by atoms with van der Waals surface area (Å²) in [5, 5.41) is 8.18. The molecule has 1 aromatic heterocycles. The van der Waals surface area contributed by atoms with Crippen LogP contribution in [0.4, 0.5) is 11.5 Å². The molecule has 2 aromatic rings. The Morgan fingerprint density at radius 2 is 1.94 bits per heavy atom. The number of hydrogen-bond acceptors (Lipinski definition) is 5. The number of anilines is 2. The number of H-pyrrole nitrogens is 1. The van der Waals surface area contributed by atoms with E-state index in [0.29, 0.717) is 22.8 Å². The number of aromatic nitrogens is 3. The number of nitrogens with two attached hydrogens (primary N) is 1. The maximum atomic E-state index is 13.4. The summed E-state index contributed by atoms with van der Waals surface area (Å²) in [5.74, 6) is 0.856. The second-order valence-corrected chi connectivity index (χ2v) is 8.63. The number of nitrogen functional groups attached to an aromatic ring is 1. The van der Waals surface area contributed by atoms with Crippen molar-refractivity contribution >= 4 is 29.0 Å². The van der Waals surface area contributed by atoms with Gasteiger partial charge in [0.1, 0.15) is 5.82 Å². The summed E-state index contributed by atoms with van der Waals surface area (Å²) in [6.45, 7) is 4.74. The molecule has 1 atom stereocenters. The van der Waals surface area contributed by atoms with Gasteiger partial charge in [-0.1, -0.05) is 11.6 Å². The molecule has 8 heteroatoms. The van der Waals surface area contributed by atoms with Crippen molar-refractivity contribution in [3.05, 3.63) is 58.5 Å². The van der Waals surface area contributed by atoms with E-state index in [9.17, 15) is 4.79 Å². The Morgan fingerprint density at radius 3 is 2.74 bits per heavy atom. The Kier molecular flexibility index (Phi) is 6.61. The van der Waals surface area contributed by atoms with Crippen LogP contribution in [0.25, 0.3) is 0 Å². The Labute approximate surface area is 187 Å². The van der Waals surface area contributed by atoms with Gasteiger partial charge in [-0.05, 0) is 63.3 Å². The van der Waals surface area contributed by atoms with Gasteiger partial charge in [0.15, 0.2) is 0 Å². The Bertz CT molecular complexity index is 999. The molecule has 2 aliphatic heterocycles. The fourth-order valence-corrected chi connectivity index (χ4v) is 4.56. The molecule has 164 valence electrons. The average molecular weight is 441 g/mol. The van der Waals surface area contributed by atoms with Crippen LogP contribution in [0.1, 0.15) is 59.8 Å². The monoisotopic (exact) mass is 440 g/mol. The molecule has 0 bridgehead atoms. The van der Waals surface area contributed by atoms with Crippen LogP contribution in [0.2, 0.25) is 5.02 Å². The van der Waals surface area contributed by atoms with Crippen LogP contribution in [0.15, 0.2) is 36.7 Å². The largest absolute Gasteiger partial charge is 0.398 e. The zero-order valence-corrected chi connectivity index (χ0v) is 18.6. The number of aromatic amines is 1. The second kappa shape index (κ2) is 9.56. The number of nitrogens with one attached hydrogen (secondary N) is 1. The predicted octanol–water partition coefficient (Wildman–Crippen LogP) is 4.44. The Morgan fingerprint density at radius 1 is 1.16 bits per heavy atom. The first-order chi connectivity index (χ1) is 15.0. The molecule has 0 radical (unpaired) electrons. The number of likely N-dealkylation sites (tertiary alicyclic amines) is 1. The smallest absolute Gasteiger partial charge is 0.256 e. The fourth-order valence-electron chi connectivity index (χ4n) is 4.39. The van der Waals surface area contributed by atoms with Crippen LogP contribution in [-0.2, 0) is 0 Å². The molecular weight excluding hydrogens is 412 g/mol. The van der Waals surface area contributed by atoms with E-state index in [4.69, 9.17) is 22.3 Å². The quantitative estimate of drug-likeness (QED) is 0.688. The highest BCUT2D eigenvalue weighted by molar-refractivity contribution is 6.31. The van der Waals surface area contributed by atoms with Crippen molar-refractivity contribution in [2.24, 2.45) is 0 Å². The van der Waals surface area contributed by atoms with Gasteiger partial charge in [-0.3, -0.25) is 9.89 Å². The predicted molar refractivity (Wildman–Crippen MR) is 124 cm³/mol. The zero-order chi connectivity index (χ0) is 21.8. The Balaban J connectivity index is 1.68. The van der Waals surface area contributed by atoms with E-state index in [1.165, 1.54) is 12.8 Å². The van der Waals surface area contributed by atoms with E-state index in [0.717, 1.165) is 49.4 Å². The van der Waals surface area contributed by atoms with Crippen molar-refractivity contribution in [2.75, 3.05) is 30.3 Å². The van der Waals surface area contributed by atoms with Gasteiger partial charge in [0.2, 0.25) is 0 Å². The first-order valence-corrected chi connectivity index (χ1v) is 11.3. The number of amides is 1. The van der Waals surface area contributed by atoms with Crippen molar-refractivity contribution in [1.29, 1.82) is 0 Å². The zero-order valence-electron chi connectivity index (χ0n) is 17.9. The molecule has 1 amide bonds. The number of aryl methyl sites for hydroxylation is 1. The maximum Gasteiger partial charge on any atom is 0.256 e. The van der Waals surface area contributed by atoms with Crippen LogP contribution >= 0.6 is 11.6 Å². The molecule has 7 nitrogen and oxygen atoms in total. The molecule has 3 heterocycles. The highest BCUT2D eigenvalue weighted by Gasteiger charge is 2.30. The first kappa shape index (κ1) is 21.4. The van der Waals surface area contributed by atoms with Crippen molar-refractivity contribution < 1.29 is 4.79 Å². The molecule has 4 rings (SSSR count). The average Bonchev–Trinajstić information content (AvgIpc) is 3.32. The highest BCUT2D eigenvalue weighted by atomic mass is 35.5. The minimum absolute atomic E-state index is 0.117. The molecule has 2 fully saturated rings. The summed E-state index contributed by atoms with van der Waals surface area (Å²) in [6.07, 6.45) is 8.89. The minimum Gasteiger partial charge on any atom is -0.398 e. The number of carbonyl (C=O) groups is 1. The first-order valence-electron chi connectivity index (χ1n) is 10.9. The number of benzene rings is 1. The summed E-state index contributed by atoms with van der Waals surface area (Å²) in [7, 11) is 0. The number of rotatable bonds is 3. The van der Waals surface area contributed by atoms with Crippen LogP contribution in [0.3, 0.4) is 0 Å². The Hall–Kier alpha value is -2.80. The lowest BCUT2D eigenvalue weighted by molar-refractivity contribution is 0.0606. The van der Waals surface area contributed by atoms with Gasteiger partial charge in [0.05, 0.1) is 17.3 Å². The number of piperidine rings is 1. The maximum absolute atomic E-state index is 13.4. The van der Waals surface area contributed by atoms with E-state index < -0.39 is 0 Å². The number of hydrogen-bond donors (Lipinski definition) is 2. The molecule has 0 aliphatic carbocycles. The molecule has 31 heavy (non-hydrogen) atoms. The van der Waals surface area contributed by atoms with Gasteiger partial charge in [-0.25, -0.2) is 4.98 Å². The van der Waals surface area contributed by atoms with Crippen LogP contribution in [0.5, 0.6) is 0 Å². The van der Waals surface area contributed by atoms with Crippen molar-refractivity contribution in [3.63, 3.8) is 0 Å². The van der Waals surface area contributed by atoms with Gasteiger partial charge in [0, 0.05) is 48.3 Å².